The highest BCUT2D eigenvalue weighted by Crippen LogP contribution is 2.39. The fraction of sp³-hybridized carbons (Fsp3) is 0.714. The van der Waals surface area contributed by atoms with Gasteiger partial charge in [0.2, 0.25) is 0 Å². The van der Waals surface area contributed by atoms with Gasteiger partial charge in [0.15, 0.2) is 0 Å². The molecule has 2 fully saturated rings. The second-order valence-corrected chi connectivity index (χ2v) is 5.40. The van der Waals surface area contributed by atoms with Crippen molar-refractivity contribution in [3.8, 4) is 0 Å². The largest absolute Gasteiger partial charge is 0.478 e. The molecule has 0 bridgehead atoms. The lowest BCUT2D eigenvalue weighted by atomic mass is 9.85. The summed E-state index contributed by atoms with van der Waals surface area (Å²) in [6.07, 6.45) is 7.35. The maximum atomic E-state index is 11.5. The fourth-order valence-corrected chi connectivity index (χ4v) is 3.45. The van der Waals surface area contributed by atoms with Crippen LogP contribution < -0.4 is 0 Å². The lowest BCUT2D eigenvalue weighted by Gasteiger charge is -2.18. The Balaban J connectivity index is 2.38. The summed E-state index contributed by atoms with van der Waals surface area (Å²) in [6.45, 7) is 0. The zero-order valence-corrected chi connectivity index (χ0v) is 10.5. The van der Waals surface area contributed by atoms with Crippen LogP contribution in [0.25, 0.3) is 0 Å². The van der Waals surface area contributed by atoms with E-state index in [0.717, 1.165) is 51.4 Å². The molecule has 0 spiro atoms. The number of hydrogen-bond donors (Lipinski definition) is 2. The summed E-state index contributed by atoms with van der Waals surface area (Å²) in [5, 5.41) is 18.8. The van der Waals surface area contributed by atoms with Crippen molar-refractivity contribution >= 4 is 11.9 Å². The zero-order chi connectivity index (χ0) is 13.1. The van der Waals surface area contributed by atoms with Gasteiger partial charge in [0, 0.05) is 0 Å². The van der Waals surface area contributed by atoms with Crippen LogP contribution in [0.3, 0.4) is 0 Å². The van der Waals surface area contributed by atoms with E-state index >= 15 is 0 Å². The number of aliphatic carboxylic acids is 2. The van der Waals surface area contributed by atoms with Crippen LogP contribution in [0.15, 0.2) is 11.1 Å². The van der Waals surface area contributed by atoms with Crippen LogP contribution in [0.1, 0.15) is 51.4 Å². The van der Waals surface area contributed by atoms with E-state index in [1.54, 1.807) is 0 Å². The average molecular weight is 252 g/mol. The van der Waals surface area contributed by atoms with Crippen molar-refractivity contribution in [2.24, 2.45) is 11.8 Å². The van der Waals surface area contributed by atoms with Gasteiger partial charge in [-0.25, -0.2) is 9.59 Å². The van der Waals surface area contributed by atoms with Gasteiger partial charge in [-0.2, -0.15) is 0 Å². The lowest BCUT2D eigenvalue weighted by molar-refractivity contribution is -0.136. The van der Waals surface area contributed by atoms with Crippen LogP contribution in [0.5, 0.6) is 0 Å². The van der Waals surface area contributed by atoms with Crippen LogP contribution in [0.2, 0.25) is 0 Å². The molecule has 0 aromatic rings. The van der Waals surface area contributed by atoms with Crippen LogP contribution in [-0.2, 0) is 9.59 Å². The zero-order valence-electron chi connectivity index (χ0n) is 10.5. The topological polar surface area (TPSA) is 74.6 Å². The first kappa shape index (κ1) is 13.1. The molecule has 4 nitrogen and oxygen atoms in total. The van der Waals surface area contributed by atoms with Gasteiger partial charge in [-0.3, -0.25) is 0 Å². The molecule has 2 saturated carbocycles. The monoisotopic (exact) mass is 252 g/mol. The van der Waals surface area contributed by atoms with E-state index in [1.807, 2.05) is 0 Å². The third kappa shape index (κ3) is 2.57. The molecular formula is C14H20O4. The van der Waals surface area contributed by atoms with Gasteiger partial charge in [0.1, 0.15) is 0 Å². The Labute approximate surface area is 107 Å². The van der Waals surface area contributed by atoms with Gasteiger partial charge in [-0.1, -0.05) is 25.7 Å². The summed E-state index contributed by atoms with van der Waals surface area (Å²) in [7, 11) is 0. The van der Waals surface area contributed by atoms with Gasteiger partial charge >= 0.3 is 11.9 Å². The van der Waals surface area contributed by atoms with Crippen LogP contribution >= 0.6 is 0 Å². The van der Waals surface area contributed by atoms with E-state index in [0.29, 0.717) is 0 Å². The van der Waals surface area contributed by atoms with Crippen LogP contribution in [0, 0.1) is 11.8 Å². The minimum Gasteiger partial charge on any atom is -0.478 e. The molecule has 0 radical (unpaired) electrons. The minimum absolute atomic E-state index is 0.0470. The molecule has 0 saturated heterocycles. The molecule has 0 amide bonds. The predicted molar refractivity (Wildman–Crippen MR) is 66.2 cm³/mol. The van der Waals surface area contributed by atoms with Crippen molar-refractivity contribution in [3.63, 3.8) is 0 Å². The van der Waals surface area contributed by atoms with E-state index in [-0.39, 0.29) is 23.0 Å². The van der Waals surface area contributed by atoms with Crippen LogP contribution in [0.4, 0.5) is 0 Å². The molecule has 2 aliphatic rings. The van der Waals surface area contributed by atoms with Crippen LogP contribution in [-0.4, -0.2) is 22.2 Å². The summed E-state index contributed by atoms with van der Waals surface area (Å²) in [5.74, 6) is -2.14. The quantitative estimate of drug-likeness (QED) is 0.754. The minimum atomic E-state index is -1.02. The average Bonchev–Trinajstić information content (AvgIpc) is 2.97. The Morgan fingerprint density at radius 3 is 1.17 bits per heavy atom. The third-order valence-electron chi connectivity index (χ3n) is 4.28. The van der Waals surface area contributed by atoms with Gasteiger partial charge in [-0.05, 0) is 37.5 Å². The highest BCUT2D eigenvalue weighted by Gasteiger charge is 2.34. The maximum absolute atomic E-state index is 11.5. The molecule has 0 unspecified atom stereocenters. The molecule has 4 heteroatoms. The summed E-state index contributed by atoms with van der Waals surface area (Å²) in [5.41, 5.74) is 0.402. The summed E-state index contributed by atoms with van der Waals surface area (Å²) in [4.78, 5) is 22.9. The van der Waals surface area contributed by atoms with Crippen molar-refractivity contribution in [2.45, 2.75) is 51.4 Å². The van der Waals surface area contributed by atoms with Crippen molar-refractivity contribution in [1.29, 1.82) is 0 Å². The Hall–Kier alpha value is -1.32. The summed E-state index contributed by atoms with van der Waals surface area (Å²) < 4.78 is 0. The molecule has 2 rings (SSSR count). The number of carboxylic acid groups (broad SMARTS) is 2. The second kappa shape index (κ2) is 5.55. The molecule has 2 aliphatic carbocycles. The van der Waals surface area contributed by atoms with E-state index < -0.39 is 11.9 Å². The summed E-state index contributed by atoms with van der Waals surface area (Å²) >= 11 is 0. The third-order valence-corrected chi connectivity index (χ3v) is 4.28. The SMILES string of the molecule is O=C(O)/C(=C(/C(=O)O)C1CCCC1)C1CCCC1. The van der Waals surface area contributed by atoms with E-state index in [9.17, 15) is 19.8 Å². The van der Waals surface area contributed by atoms with Gasteiger partial charge in [0.25, 0.3) is 0 Å². The smallest absolute Gasteiger partial charge is 0.332 e. The number of hydrogen-bond acceptors (Lipinski definition) is 2. The Morgan fingerprint density at radius 2 is 0.944 bits per heavy atom. The first-order valence-corrected chi connectivity index (χ1v) is 6.82. The molecular weight excluding hydrogens is 232 g/mol. The standard InChI is InChI=1S/C14H20O4/c15-13(16)11(9-5-1-2-6-9)12(14(17)18)10-7-3-4-8-10/h9-10H,1-8H2,(H,15,16)(H,17,18)/b12-11+. The van der Waals surface area contributed by atoms with E-state index in [4.69, 9.17) is 0 Å². The van der Waals surface area contributed by atoms with Gasteiger partial charge < -0.3 is 10.2 Å². The molecule has 18 heavy (non-hydrogen) atoms. The first-order valence-electron chi connectivity index (χ1n) is 6.82. The van der Waals surface area contributed by atoms with Gasteiger partial charge in [0.05, 0.1) is 11.1 Å². The molecule has 100 valence electrons. The van der Waals surface area contributed by atoms with Crippen molar-refractivity contribution in [1.82, 2.24) is 0 Å². The highest BCUT2D eigenvalue weighted by molar-refractivity contribution is 5.99. The molecule has 0 heterocycles. The van der Waals surface area contributed by atoms with E-state index in [2.05, 4.69) is 0 Å². The summed E-state index contributed by atoms with van der Waals surface area (Å²) in [6, 6.07) is 0. The normalized spacial score (nSPS) is 23.1. The fourth-order valence-electron chi connectivity index (χ4n) is 3.45. The van der Waals surface area contributed by atoms with Crippen molar-refractivity contribution in [3.05, 3.63) is 11.1 Å². The molecule has 0 atom stereocenters. The Bertz CT molecular complexity index is 335. The maximum Gasteiger partial charge on any atom is 0.332 e. The molecule has 2 N–H and O–H groups in total. The molecule has 0 aliphatic heterocycles. The molecule has 0 aromatic heterocycles. The Morgan fingerprint density at radius 1 is 0.667 bits per heavy atom. The Kier molecular flexibility index (Phi) is 4.04. The van der Waals surface area contributed by atoms with Crippen molar-refractivity contribution in [2.75, 3.05) is 0 Å². The number of rotatable bonds is 4. The van der Waals surface area contributed by atoms with Crippen molar-refractivity contribution < 1.29 is 19.8 Å². The first-order chi connectivity index (χ1) is 8.61. The highest BCUT2D eigenvalue weighted by atomic mass is 16.4. The number of carbonyl (C=O) groups is 2. The molecule has 0 aromatic carbocycles. The predicted octanol–water partition coefficient (Wildman–Crippen LogP) is 2.83. The van der Waals surface area contributed by atoms with E-state index in [1.165, 1.54) is 0 Å². The lowest BCUT2D eigenvalue weighted by Crippen LogP contribution is -2.21. The second-order valence-electron chi connectivity index (χ2n) is 5.40. The van der Waals surface area contributed by atoms with Gasteiger partial charge in [-0.15, -0.1) is 0 Å². The number of carboxylic acids is 2.